The van der Waals surface area contributed by atoms with Crippen LogP contribution in [0.2, 0.25) is 0 Å². The van der Waals surface area contributed by atoms with Crippen LogP contribution in [0.25, 0.3) is 5.69 Å². The topological polar surface area (TPSA) is 83.7 Å². The van der Waals surface area contributed by atoms with Gasteiger partial charge in [-0.15, -0.1) is 0 Å². The number of H-pyrrole nitrogens is 1. The Kier molecular flexibility index (Phi) is 2.69. The van der Waals surface area contributed by atoms with Crippen LogP contribution in [-0.4, -0.2) is 21.4 Å². The van der Waals surface area contributed by atoms with Crippen LogP contribution in [0, 0.1) is 11.3 Å². The number of rotatable bonds is 3. The standard InChI is InChI=1S/C10H8N4O2/c11-5-6-16-9-3-1-8(2-4-9)14-7-12-13-10(14)15/h1-4,7H,6H2,(H,13,15). The number of aromatic amines is 1. The predicted molar refractivity (Wildman–Crippen MR) is 55.3 cm³/mol. The summed E-state index contributed by atoms with van der Waals surface area (Å²) in [5.41, 5.74) is 0.383. The lowest BCUT2D eigenvalue weighted by Crippen LogP contribution is -2.13. The molecule has 0 atom stereocenters. The first-order valence-electron chi connectivity index (χ1n) is 4.53. The van der Waals surface area contributed by atoms with E-state index in [1.54, 1.807) is 24.3 Å². The molecule has 2 rings (SSSR count). The van der Waals surface area contributed by atoms with Gasteiger partial charge in [-0.05, 0) is 24.3 Å². The van der Waals surface area contributed by atoms with Gasteiger partial charge in [0.05, 0.1) is 5.69 Å². The molecule has 0 aliphatic carbocycles. The van der Waals surface area contributed by atoms with Crippen molar-refractivity contribution in [2.45, 2.75) is 0 Å². The van der Waals surface area contributed by atoms with E-state index in [2.05, 4.69) is 10.2 Å². The predicted octanol–water partition coefficient (Wildman–Crippen LogP) is 0.463. The van der Waals surface area contributed by atoms with Crippen LogP contribution in [0.15, 0.2) is 35.4 Å². The highest BCUT2D eigenvalue weighted by atomic mass is 16.5. The van der Waals surface area contributed by atoms with Gasteiger partial charge in [0.25, 0.3) is 0 Å². The van der Waals surface area contributed by atoms with Crippen molar-refractivity contribution in [3.05, 3.63) is 41.1 Å². The fourth-order valence-electron chi connectivity index (χ4n) is 1.25. The third-order valence-corrected chi connectivity index (χ3v) is 1.97. The Morgan fingerprint density at radius 3 is 2.75 bits per heavy atom. The lowest BCUT2D eigenvalue weighted by Gasteiger charge is -2.03. The van der Waals surface area contributed by atoms with Gasteiger partial charge in [0.2, 0.25) is 0 Å². The molecule has 6 nitrogen and oxygen atoms in total. The lowest BCUT2D eigenvalue weighted by atomic mass is 10.3. The molecule has 6 heteroatoms. The molecule has 0 saturated carbocycles. The monoisotopic (exact) mass is 216 g/mol. The van der Waals surface area contributed by atoms with E-state index in [9.17, 15) is 4.79 Å². The summed E-state index contributed by atoms with van der Waals surface area (Å²) in [6.07, 6.45) is 1.40. The second-order valence-electron chi connectivity index (χ2n) is 2.97. The molecule has 0 bridgehead atoms. The zero-order chi connectivity index (χ0) is 11.4. The molecule has 0 spiro atoms. The number of hydrogen-bond acceptors (Lipinski definition) is 4. The molecule has 0 fully saturated rings. The molecule has 1 N–H and O–H groups in total. The third kappa shape index (κ3) is 1.93. The van der Waals surface area contributed by atoms with Crippen molar-refractivity contribution < 1.29 is 4.74 Å². The Balaban J connectivity index is 2.24. The van der Waals surface area contributed by atoms with Gasteiger partial charge in [-0.2, -0.15) is 10.4 Å². The molecule has 80 valence electrons. The lowest BCUT2D eigenvalue weighted by molar-refractivity contribution is 0.368. The third-order valence-electron chi connectivity index (χ3n) is 1.97. The average molecular weight is 216 g/mol. The molecule has 0 aliphatic rings. The summed E-state index contributed by atoms with van der Waals surface area (Å²) in [6, 6.07) is 8.67. The molecule has 1 aromatic heterocycles. The molecular formula is C10H8N4O2. The fourth-order valence-corrected chi connectivity index (χ4v) is 1.25. The molecule has 1 aromatic carbocycles. The summed E-state index contributed by atoms with van der Waals surface area (Å²) in [5, 5.41) is 14.3. The Bertz CT molecular complexity index is 561. The number of nitrogens with one attached hydrogen (secondary N) is 1. The highest BCUT2D eigenvalue weighted by Gasteiger charge is 2.00. The number of nitriles is 1. The van der Waals surface area contributed by atoms with E-state index in [-0.39, 0.29) is 12.3 Å². The first-order chi connectivity index (χ1) is 7.81. The van der Waals surface area contributed by atoms with E-state index in [0.29, 0.717) is 11.4 Å². The van der Waals surface area contributed by atoms with Crippen molar-refractivity contribution in [2.24, 2.45) is 0 Å². The number of nitrogens with zero attached hydrogens (tertiary/aromatic N) is 3. The van der Waals surface area contributed by atoms with Gasteiger partial charge in [-0.3, -0.25) is 0 Å². The maximum Gasteiger partial charge on any atom is 0.347 e. The average Bonchev–Trinajstić information content (AvgIpc) is 2.74. The zero-order valence-corrected chi connectivity index (χ0v) is 8.25. The van der Waals surface area contributed by atoms with Gasteiger partial charge < -0.3 is 4.74 Å². The van der Waals surface area contributed by atoms with Crippen molar-refractivity contribution in [3.8, 4) is 17.5 Å². The van der Waals surface area contributed by atoms with E-state index in [1.165, 1.54) is 10.9 Å². The van der Waals surface area contributed by atoms with Gasteiger partial charge in [-0.1, -0.05) is 0 Å². The van der Waals surface area contributed by atoms with Crippen LogP contribution in [0.1, 0.15) is 0 Å². The second kappa shape index (κ2) is 4.31. The minimum Gasteiger partial charge on any atom is -0.479 e. The Hall–Kier alpha value is -2.55. The molecule has 0 saturated heterocycles. The van der Waals surface area contributed by atoms with E-state index >= 15 is 0 Å². The smallest absolute Gasteiger partial charge is 0.347 e. The summed E-state index contributed by atoms with van der Waals surface area (Å²) in [5.74, 6) is 0.585. The number of ether oxygens (including phenoxy) is 1. The van der Waals surface area contributed by atoms with Crippen LogP contribution >= 0.6 is 0 Å². The Morgan fingerprint density at radius 2 is 2.19 bits per heavy atom. The van der Waals surface area contributed by atoms with Gasteiger partial charge in [0.15, 0.2) is 6.61 Å². The SMILES string of the molecule is N#CCOc1ccc(-n2cn[nH]c2=O)cc1. The van der Waals surface area contributed by atoms with Crippen LogP contribution < -0.4 is 10.4 Å². The number of hydrogen-bond donors (Lipinski definition) is 1. The van der Waals surface area contributed by atoms with Crippen LogP contribution in [0.4, 0.5) is 0 Å². The largest absolute Gasteiger partial charge is 0.479 e. The van der Waals surface area contributed by atoms with Gasteiger partial charge in [0.1, 0.15) is 18.1 Å². The summed E-state index contributed by atoms with van der Waals surface area (Å²) >= 11 is 0. The number of benzene rings is 1. The van der Waals surface area contributed by atoms with Gasteiger partial charge in [-0.25, -0.2) is 14.5 Å². The van der Waals surface area contributed by atoms with E-state index in [4.69, 9.17) is 10.00 Å². The Labute approximate surface area is 90.7 Å². The quantitative estimate of drug-likeness (QED) is 0.807. The molecule has 2 aromatic rings. The molecule has 0 unspecified atom stereocenters. The fraction of sp³-hybridized carbons (Fsp3) is 0.100. The van der Waals surface area contributed by atoms with Crippen molar-refractivity contribution in [1.29, 1.82) is 5.26 Å². The molecule has 0 amide bonds. The van der Waals surface area contributed by atoms with E-state index < -0.39 is 0 Å². The first kappa shape index (κ1) is 9.98. The molecule has 0 radical (unpaired) electrons. The number of aromatic nitrogens is 3. The van der Waals surface area contributed by atoms with Gasteiger partial charge in [0, 0.05) is 0 Å². The maximum atomic E-state index is 11.2. The second-order valence-corrected chi connectivity index (χ2v) is 2.97. The van der Waals surface area contributed by atoms with E-state index in [0.717, 1.165) is 0 Å². The highest BCUT2D eigenvalue weighted by Crippen LogP contribution is 2.13. The normalized spacial score (nSPS) is 9.69. The zero-order valence-electron chi connectivity index (χ0n) is 8.25. The minimum atomic E-state index is -0.300. The minimum absolute atomic E-state index is 0.00497. The van der Waals surface area contributed by atoms with E-state index in [1.807, 2.05) is 6.07 Å². The van der Waals surface area contributed by atoms with Crippen molar-refractivity contribution in [2.75, 3.05) is 6.61 Å². The first-order valence-corrected chi connectivity index (χ1v) is 4.53. The molecule has 0 aliphatic heterocycles. The highest BCUT2D eigenvalue weighted by molar-refractivity contribution is 5.36. The summed E-state index contributed by atoms with van der Waals surface area (Å²) in [4.78, 5) is 11.2. The Morgan fingerprint density at radius 1 is 1.44 bits per heavy atom. The molecule has 1 heterocycles. The molecular weight excluding hydrogens is 208 g/mol. The van der Waals surface area contributed by atoms with Crippen LogP contribution in [0.5, 0.6) is 5.75 Å². The summed E-state index contributed by atoms with van der Waals surface area (Å²) in [7, 11) is 0. The summed E-state index contributed by atoms with van der Waals surface area (Å²) in [6.45, 7) is 0.00497. The summed E-state index contributed by atoms with van der Waals surface area (Å²) < 4.78 is 6.45. The van der Waals surface area contributed by atoms with Crippen molar-refractivity contribution >= 4 is 0 Å². The van der Waals surface area contributed by atoms with Gasteiger partial charge >= 0.3 is 5.69 Å². The van der Waals surface area contributed by atoms with Crippen LogP contribution in [0.3, 0.4) is 0 Å². The molecule has 16 heavy (non-hydrogen) atoms. The van der Waals surface area contributed by atoms with Crippen molar-refractivity contribution in [3.63, 3.8) is 0 Å². The maximum absolute atomic E-state index is 11.2. The van der Waals surface area contributed by atoms with Crippen LogP contribution in [-0.2, 0) is 0 Å². The van der Waals surface area contributed by atoms with Crippen molar-refractivity contribution in [1.82, 2.24) is 14.8 Å².